The zero-order valence-electron chi connectivity index (χ0n) is 12.5. The number of aliphatic hydroxyl groups excluding tert-OH is 1. The predicted octanol–water partition coefficient (Wildman–Crippen LogP) is 3.66. The van der Waals surface area contributed by atoms with Crippen molar-refractivity contribution in [1.29, 1.82) is 0 Å². The van der Waals surface area contributed by atoms with E-state index in [1.54, 1.807) is 0 Å². The number of rotatable bonds is 9. The molecule has 0 aliphatic heterocycles. The number of allylic oxidation sites excluding steroid dienone is 1. The molecular weight excluding hydrogens is 272 g/mol. The molecule has 0 fully saturated rings. The van der Waals surface area contributed by atoms with Gasteiger partial charge in [-0.05, 0) is 12.5 Å². The van der Waals surface area contributed by atoms with Crippen molar-refractivity contribution in [3.63, 3.8) is 0 Å². The lowest BCUT2D eigenvalue weighted by molar-refractivity contribution is -0.146. The van der Waals surface area contributed by atoms with Gasteiger partial charge in [0.15, 0.2) is 0 Å². The standard InChI is InChI=1S/C16H24O5/c1-2-3-4-5-6-7-9-16(15(20)21)10-8-13(17)12(11-16)14(18)19/h8,10,17H,2-7,9,11H2,1H3,(H,18,19)(H,20,21). The molecule has 0 saturated carbocycles. The van der Waals surface area contributed by atoms with Gasteiger partial charge in [0.2, 0.25) is 0 Å². The molecule has 1 aliphatic carbocycles. The molecule has 5 nitrogen and oxygen atoms in total. The number of carboxylic acid groups (broad SMARTS) is 2. The summed E-state index contributed by atoms with van der Waals surface area (Å²) in [5, 5.41) is 28.1. The summed E-state index contributed by atoms with van der Waals surface area (Å²) in [6.45, 7) is 2.14. The third kappa shape index (κ3) is 4.62. The lowest BCUT2D eigenvalue weighted by atomic mass is 9.74. The van der Waals surface area contributed by atoms with Crippen molar-refractivity contribution in [1.82, 2.24) is 0 Å². The number of aliphatic hydroxyl groups is 1. The van der Waals surface area contributed by atoms with E-state index in [0.29, 0.717) is 6.42 Å². The molecule has 0 saturated heterocycles. The maximum absolute atomic E-state index is 11.6. The molecule has 0 amide bonds. The predicted molar refractivity (Wildman–Crippen MR) is 79.1 cm³/mol. The van der Waals surface area contributed by atoms with Crippen LogP contribution >= 0.6 is 0 Å². The number of carboxylic acids is 2. The fourth-order valence-corrected chi connectivity index (χ4v) is 2.64. The van der Waals surface area contributed by atoms with E-state index >= 15 is 0 Å². The van der Waals surface area contributed by atoms with Gasteiger partial charge in [0.05, 0.1) is 11.0 Å². The highest BCUT2D eigenvalue weighted by Gasteiger charge is 2.40. The molecular formula is C16H24O5. The number of hydrogen-bond donors (Lipinski definition) is 3. The second-order valence-electron chi connectivity index (χ2n) is 5.66. The summed E-state index contributed by atoms with van der Waals surface area (Å²) in [5.41, 5.74) is -1.42. The van der Waals surface area contributed by atoms with Crippen LogP contribution in [0.1, 0.15) is 58.3 Å². The zero-order chi connectivity index (χ0) is 15.9. The van der Waals surface area contributed by atoms with Crippen molar-refractivity contribution in [2.75, 3.05) is 0 Å². The van der Waals surface area contributed by atoms with Crippen molar-refractivity contribution in [2.24, 2.45) is 5.41 Å². The molecule has 1 unspecified atom stereocenters. The summed E-state index contributed by atoms with van der Waals surface area (Å²) >= 11 is 0. The van der Waals surface area contributed by atoms with Gasteiger partial charge in [-0.2, -0.15) is 0 Å². The molecule has 0 aromatic rings. The first-order valence-electron chi connectivity index (χ1n) is 7.51. The van der Waals surface area contributed by atoms with Crippen LogP contribution in [0, 0.1) is 5.41 Å². The Bertz CT molecular complexity index is 450. The van der Waals surface area contributed by atoms with Crippen LogP contribution in [0.25, 0.3) is 0 Å². The summed E-state index contributed by atoms with van der Waals surface area (Å²) in [7, 11) is 0. The van der Waals surface area contributed by atoms with E-state index in [9.17, 15) is 19.8 Å². The van der Waals surface area contributed by atoms with Crippen molar-refractivity contribution in [3.8, 4) is 0 Å². The fraction of sp³-hybridized carbons (Fsp3) is 0.625. The van der Waals surface area contributed by atoms with E-state index in [2.05, 4.69) is 6.92 Å². The van der Waals surface area contributed by atoms with Gasteiger partial charge in [-0.15, -0.1) is 0 Å². The van der Waals surface area contributed by atoms with E-state index < -0.39 is 17.4 Å². The van der Waals surface area contributed by atoms with E-state index in [1.165, 1.54) is 18.6 Å². The van der Waals surface area contributed by atoms with E-state index in [-0.39, 0.29) is 17.8 Å². The highest BCUT2D eigenvalue weighted by atomic mass is 16.4. The van der Waals surface area contributed by atoms with Crippen LogP contribution in [0.2, 0.25) is 0 Å². The Morgan fingerprint density at radius 3 is 2.33 bits per heavy atom. The molecule has 0 spiro atoms. The summed E-state index contributed by atoms with van der Waals surface area (Å²) in [6, 6.07) is 0. The molecule has 0 bridgehead atoms. The third-order valence-corrected chi connectivity index (χ3v) is 4.02. The lowest BCUT2D eigenvalue weighted by Crippen LogP contribution is -2.33. The Morgan fingerprint density at radius 2 is 1.76 bits per heavy atom. The van der Waals surface area contributed by atoms with Crippen LogP contribution in [0.4, 0.5) is 0 Å². The van der Waals surface area contributed by atoms with Crippen molar-refractivity contribution in [2.45, 2.75) is 58.3 Å². The Hall–Kier alpha value is -1.78. The van der Waals surface area contributed by atoms with E-state index in [1.807, 2.05) is 0 Å². The molecule has 0 heterocycles. The van der Waals surface area contributed by atoms with Gasteiger partial charge in [-0.1, -0.05) is 51.5 Å². The van der Waals surface area contributed by atoms with E-state index in [4.69, 9.17) is 5.11 Å². The van der Waals surface area contributed by atoms with Crippen LogP contribution in [0.15, 0.2) is 23.5 Å². The van der Waals surface area contributed by atoms with Crippen LogP contribution in [-0.2, 0) is 9.59 Å². The van der Waals surface area contributed by atoms with Gasteiger partial charge in [0, 0.05) is 6.42 Å². The summed E-state index contributed by atoms with van der Waals surface area (Å²) < 4.78 is 0. The molecule has 0 aromatic carbocycles. The molecule has 1 atom stereocenters. The molecule has 1 aliphatic rings. The van der Waals surface area contributed by atoms with Crippen LogP contribution in [0.3, 0.4) is 0 Å². The highest BCUT2D eigenvalue weighted by Crippen LogP contribution is 2.39. The van der Waals surface area contributed by atoms with E-state index in [0.717, 1.165) is 32.1 Å². The lowest BCUT2D eigenvalue weighted by Gasteiger charge is -2.29. The Balaban J connectivity index is 2.64. The molecule has 5 heteroatoms. The first-order chi connectivity index (χ1) is 9.93. The summed E-state index contributed by atoms with van der Waals surface area (Å²) in [5.74, 6) is -2.63. The van der Waals surface area contributed by atoms with Gasteiger partial charge < -0.3 is 15.3 Å². The highest BCUT2D eigenvalue weighted by molar-refractivity contribution is 5.90. The largest absolute Gasteiger partial charge is 0.507 e. The molecule has 0 radical (unpaired) electrons. The molecule has 21 heavy (non-hydrogen) atoms. The molecule has 0 aromatic heterocycles. The van der Waals surface area contributed by atoms with Crippen LogP contribution in [-0.4, -0.2) is 27.3 Å². The first-order valence-corrected chi connectivity index (χ1v) is 7.51. The van der Waals surface area contributed by atoms with Crippen molar-refractivity contribution >= 4 is 11.9 Å². The van der Waals surface area contributed by atoms with Gasteiger partial charge in [0.1, 0.15) is 5.76 Å². The van der Waals surface area contributed by atoms with Gasteiger partial charge in [-0.25, -0.2) is 4.79 Å². The number of aliphatic carboxylic acids is 2. The second kappa shape index (κ2) is 7.86. The Labute approximate surface area is 125 Å². The SMILES string of the molecule is CCCCCCCCC1(C(=O)O)C=CC(O)=C(C(=O)O)C1. The minimum Gasteiger partial charge on any atom is -0.507 e. The Morgan fingerprint density at radius 1 is 1.14 bits per heavy atom. The minimum atomic E-state index is -1.26. The molecule has 3 N–H and O–H groups in total. The quantitative estimate of drug-likeness (QED) is 0.564. The summed E-state index contributed by atoms with van der Waals surface area (Å²) in [6.07, 6.45) is 9.13. The average molecular weight is 296 g/mol. The number of hydrogen-bond acceptors (Lipinski definition) is 3. The maximum atomic E-state index is 11.6. The van der Waals surface area contributed by atoms with Gasteiger partial charge in [-0.3, -0.25) is 4.79 Å². The topological polar surface area (TPSA) is 94.8 Å². The maximum Gasteiger partial charge on any atom is 0.335 e. The van der Waals surface area contributed by atoms with Crippen LogP contribution < -0.4 is 0 Å². The zero-order valence-corrected chi connectivity index (χ0v) is 12.5. The minimum absolute atomic E-state index is 0.158. The van der Waals surface area contributed by atoms with Crippen molar-refractivity contribution in [3.05, 3.63) is 23.5 Å². The summed E-state index contributed by atoms with van der Waals surface area (Å²) in [4.78, 5) is 22.6. The smallest absolute Gasteiger partial charge is 0.335 e. The van der Waals surface area contributed by atoms with Crippen LogP contribution in [0.5, 0.6) is 0 Å². The monoisotopic (exact) mass is 296 g/mol. The molecule has 118 valence electrons. The average Bonchev–Trinajstić information content (AvgIpc) is 2.44. The van der Waals surface area contributed by atoms with Gasteiger partial charge >= 0.3 is 11.9 Å². The second-order valence-corrected chi connectivity index (χ2v) is 5.66. The number of carbonyl (C=O) groups is 2. The fourth-order valence-electron chi connectivity index (χ4n) is 2.64. The number of unbranched alkanes of at least 4 members (excludes halogenated alkanes) is 5. The van der Waals surface area contributed by atoms with Crippen molar-refractivity contribution < 1.29 is 24.9 Å². The third-order valence-electron chi connectivity index (χ3n) is 4.02. The van der Waals surface area contributed by atoms with Gasteiger partial charge in [0.25, 0.3) is 0 Å². The Kier molecular flexibility index (Phi) is 6.46. The molecule has 1 rings (SSSR count). The first kappa shape index (κ1) is 17.3. The normalized spacial score (nSPS) is 21.6.